The molecule has 1 aliphatic carbocycles. The molecule has 1 rings (SSSR count). The van der Waals surface area contributed by atoms with E-state index in [2.05, 4.69) is 63.0 Å². The lowest BCUT2D eigenvalue weighted by atomic mass is 9.96. The highest BCUT2D eigenvalue weighted by atomic mass is 19.1. The molecule has 28 heavy (non-hydrogen) atoms. The van der Waals surface area contributed by atoms with Crippen molar-refractivity contribution in [3.63, 3.8) is 0 Å². The van der Waals surface area contributed by atoms with Crippen LogP contribution in [0.25, 0.3) is 0 Å². The maximum atomic E-state index is 11.8. The molecular formula is C26H44FN. The molecule has 0 bridgehead atoms. The molecule has 0 atom stereocenters. The Morgan fingerprint density at radius 2 is 1.57 bits per heavy atom. The summed E-state index contributed by atoms with van der Waals surface area (Å²) in [4.78, 5) is 0. The molecule has 0 saturated carbocycles. The molecule has 0 aliphatic heterocycles. The van der Waals surface area contributed by atoms with E-state index in [0.29, 0.717) is 0 Å². The molecule has 160 valence electrons. The Morgan fingerprint density at radius 3 is 1.82 bits per heavy atom. The Kier molecular flexibility index (Phi) is 35.1. The number of nitrogens with two attached hydrogens (primary N) is 1. The van der Waals surface area contributed by atoms with Gasteiger partial charge in [0.1, 0.15) is 5.83 Å². The summed E-state index contributed by atoms with van der Waals surface area (Å²) in [5, 5.41) is 0. The van der Waals surface area contributed by atoms with Crippen LogP contribution in [-0.4, -0.2) is 0 Å². The van der Waals surface area contributed by atoms with Gasteiger partial charge in [-0.2, -0.15) is 0 Å². The molecule has 1 nitrogen and oxygen atoms in total. The van der Waals surface area contributed by atoms with E-state index in [1.54, 1.807) is 6.92 Å². The van der Waals surface area contributed by atoms with Crippen molar-refractivity contribution in [2.75, 3.05) is 0 Å². The lowest BCUT2D eigenvalue weighted by Crippen LogP contribution is -1.90. The second kappa shape index (κ2) is 29.5. The summed E-state index contributed by atoms with van der Waals surface area (Å²) in [5.41, 5.74) is 9.05. The molecule has 0 aromatic heterocycles. The predicted octanol–water partition coefficient (Wildman–Crippen LogP) is 8.59. The van der Waals surface area contributed by atoms with Gasteiger partial charge in [0, 0.05) is 0 Å². The fraction of sp³-hybridized carbons (Fsp3) is 0.462. The van der Waals surface area contributed by atoms with Crippen LogP contribution in [0.3, 0.4) is 0 Å². The van der Waals surface area contributed by atoms with Crippen LogP contribution in [0, 0.1) is 11.8 Å². The zero-order chi connectivity index (χ0) is 22.8. The summed E-state index contributed by atoms with van der Waals surface area (Å²) in [5.74, 6) is 5.06. The standard InChI is InChI=1S/C13H18.C5H8FN.C4H6.2C2H6/c1-4-12(10-11(2)3)13-8-6-5-7-9-13;1-2-5(6)3-4-7;1-3-4-2;2*1-2/h4-6,8,10H,7,9H2,1-3H3;2-4H,7H2,1H3;1-2H3;2*1-2H3/b12-4+;4-3-,5-2+;;;. The van der Waals surface area contributed by atoms with Crippen LogP contribution in [0.5, 0.6) is 0 Å². The van der Waals surface area contributed by atoms with Crippen LogP contribution < -0.4 is 5.73 Å². The maximum Gasteiger partial charge on any atom is 0.120 e. The molecule has 0 unspecified atom stereocenters. The van der Waals surface area contributed by atoms with Crippen molar-refractivity contribution in [3.05, 3.63) is 71.3 Å². The van der Waals surface area contributed by atoms with Crippen molar-refractivity contribution < 1.29 is 4.39 Å². The number of hydrogen-bond donors (Lipinski definition) is 1. The minimum Gasteiger partial charge on any atom is -0.405 e. The molecule has 0 fully saturated rings. The summed E-state index contributed by atoms with van der Waals surface area (Å²) >= 11 is 0. The number of allylic oxidation sites excluding steroid dienone is 11. The second-order valence-electron chi connectivity index (χ2n) is 5.16. The third kappa shape index (κ3) is 26.0. The van der Waals surface area contributed by atoms with Gasteiger partial charge in [0.05, 0.1) is 0 Å². The molecule has 0 radical (unpaired) electrons. The molecule has 2 heteroatoms. The summed E-state index contributed by atoms with van der Waals surface area (Å²) in [6.45, 7) is 19.6. The van der Waals surface area contributed by atoms with Crippen molar-refractivity contribution in [2.45, 2.75) is 82.1 Å². The summed E-state index contributed by atoms with van der Waals surface area (Å²) in [6.07, 6.45) is 17.1. The van der Waals surface area contributed by atoms with Gasteiger partial charge in [-0.1, -0.05) is 69.7 Å². The fourth-order valence-electron chi connectivity index (χ4n) is 1.70. The fourth-order valence-corrected chi connectivity index (χ4v) is 1.70. The maximum absolute atomic E-state index is 11.8. The van der Waals surface area contributed by atoms with Gasteiger partial charge in [0.2, 0.25) is 0 Å². The SMILES string of the molecule is C/C=C(F)\C=C/N.C/C=C(\C=C(C)C)C1=CC=CCC1.CC.CC.CC#CC. The van der Waals surface area contributed by atoms with Gasteiger partial charge in [-0.05, 0) is 77.8 Å². The minimum atomic E-state index is -0.303. The average Bonchev–Trinajstić information content (AvgIpc) is 2.76. The van der Waals surface area contributed by atoms with Crippen LogP contribution in [0.4, 0.5) is 4.39 Å². The van der Waals surface area contributed by atoms with E-state index in [9.17, 15) is 4.39 Å². The van der Waals surface area contributed by atoms with E-state index in [1.807, 2.05) is 41.5 Å². The van der Waals surface area contributed by atoms with E-state index < -0.39 is 0 Å². The van der Waals surface area contributed by atoms with Gasteiger partial charge in [-0.3, -0.25) is 0 Å². The minimum absolute atomic E-state index is 0.303. The quantitative estimate of drug-likeness (QED) is 0.379. The molecule has 0 aromatic carbocycles. The molecular weight excluding hydrogens is 345 g/mol. The monoisotopic (exact) mass is 389 g/mol. The molecule has 0 amide bonds. The summed E-state index contributed by atoms with van der Waals surface area (Å²) < 4.78 is 11.8. The van der Waals surface area contributed by atoms with Crippen LogP contribution in [0.2, 0.25) is 0 Å². The molecule has 0 aromatic rings. The van der Waals surface area contributed by atoms with E-state index in [0.717, 1.165) is 6.20 Å². The van der Waals surface area contributed by atoms with Gasteiger partial charge in [0.15, 0.2) is 0 Å². The van der Waals surface area contributed by atoms with E-state index >= 15 is 0 Å². The van der Waals surface area contributed by atoms with Crippen LogP contribution in [0.1, 0.15) is 82.1 Å². The smallest absolute Gasteiger partial charge is 0.120 e. The van der Waals surface area contributed by atoms with Crippen molar-refractivity contribution in [3.8, 4) is 11.8 Å². The Hall–Kier alpha value is -2.27. The molecule has 1 aliphatic rings. The van der Waals surface area contributed by atoms with Crippen molar-refractivity contribution in [1.29, 1.82) is 0 Å². The third-order valence-electron chi connectivity index (χ3n) is 2.92. The van der Waals surface area contributed by atoms with Gasteiger partial charge in [-0.25, -0.2) is 4.39 Å². The Morgan fingerprint density at radius 1 is 1.04 bits per heavy atom. The highest BCUT2D eigenvalue weighted by Crippen LogP contribution is 2.22. The van der Waals surface area contributed by atoms with Crippen LogP contribution in [0.15, 0.2) is 71.3 Å². The third-order valence-corrected chi connectivity index (χ3v) is 2.92. The summed E-state index contributed by atoms with van der Waals surface area (Å²) in [6, 6.07) is 0. The van der Waals surface area contributed by atoms with Crippen molar-refractivity contribution >= 4 is 0 Å². The number of halogens is 1. The van der Waals surface area contributed by atoms with Gasteiger partial charge >= 0.3 is 0 Å². The van der Waals surface area contributed by atoms with E-state index in [-0.39, 0.29) is 5.83 Å². The Bertz CT molecular complexity index is 563. The lowest BCUT2D eigenvalue weighted by Gasteiger charge is -2.10. The zero-order valence-corrected chi connectivity index (χ0v) is 20.0. The first kappa shape index (κ1) is 33.3. The largest absolute Gasteiger partial charge is 0.405 e. The lowest BCUT2D eigenvalue weighted by molar-refractivity contribution is 0.664. The van der Waals surface area contributed by atoms with E-state index in [4.69, 9.17) is 5.73 Å². The van der Waals surface area contributed by atoms with Gasteiger partial charge in [0.25, 0.3) is 0 Å². The first-order valence-corrected chi connectivity index (χ1v) is 10.2. The number of rotatable bonds is 3. The average molecular weight is 390 g/mol. The summed E-state index contributed by atoms with van der Waals surface area (Å²) in [7, 11) is 0. The molecule has 0 saturated heterocycles. The zero-order valence-electron chi connectivity index (χ0n) is 20.0. The van der Waals surface area contributed by atoms with Crippen LogP contribution in [-0.2, 0) is 0 Å². The van der Waals surface area contributed by atoms with Crippen molar-refractivity contribution in [2.24, 2.45) is 5.73 Å². The van der Waals surface area contributed by atoms with Gasteiger partial charge in [-0.15, -0.1) is 11.8 Å². The number of hydrogen-bond acceptors (Lipinski definition) is 1. The predicted molar refractivity (Wildman–Crippen MR) is 130 cm³/mol. The Labute approximate surface area is 175 Å². The molecule has 0 spiro atoms. The normalized spacial score (nSPS) is 12.0. The molecule has 0 heterocycles. The van der Waals surface area contributed by atoms with Crippen LogP contribution >= 0.6 is 0 Å². The first-order valence-electron chi connectivity index (χ1n) is 10.2. The topological polar surface area (TPSA) is 26.0 Å². The highest BCUT2D eigenvalue weighted by molar-refractivity contribution is 5.43. The van der Waals surface area contributed by atoms with Crippen molar-refractivity contribution in [1.82, 2.24) is 0 Å². The molecule has 2 N–H and O–H groups in total. The van der Waals surface area contributed by atoms with Gasteiger partial charge < -0.3 is 5.73 Å². The first-order chi connectivity index (χ1) is 13.5. The highest BCUT2D eigenvalue weighted by Gasteiger charge is 2.02. The Balaban J connectivity index is -0.000000163. The van der Waals surface area contributed by atoms with E-state index in [1.165, 1.54) is 41.7 Å². The second-order valence-corrected chi connectivity index (χ2v) is 5.16.